The minimum absolute atomic E-state index is 0.189. The molecule has 17 heavy (non-hydrogen) atoms. The number of nitrogens with two attached hydrogens (primary N) is 1. The molecule has 0 radical (unpaired) electrons. The molecule has 3 rings (SSSR count). The number of fused-ring (bicyclic) bond motifs is 1. The van der Waals surface area contributed by atoms with Crippen molar-refractivity contribution in [3.8, 4) is 6.07 Å². The number of aliphatic imine (C=N–C) groups is 1. The highest BCUT2D eigenvalue weighted by Crippen LogP contribution is 2.35. The predicted molar refractivity (Wildman–Crippen MR) is 63.5 cm³/mol. The molecule has 0 saturated heterocycles. The van der Waals surface area contributed by atoms with Gasteiger partial charge in [-0.05, 0) is 30.0 Å². The van der Waals surface area contributed by atoms with E-state index in [9.17, 15) is 0 Å². The molecule has 1 aliphatic heterocycles. The first-order valence-corrected chi connectivity index (χ1v) is 5.71. The van der Waals surface area contributed by atoms with E-state index in [1.165, 1.54) is 11.1 Å². The number of nitrogens with zero attached hydrogens (tertiary/aromatic N) is 2. The van der Waals surface area contributed by atoms with Crippen LogP contribution >= 0.6 is 0 Å². The minimum Gasteiger partial charge on any atom is -0.463 e. The fraction of sp³-hybridized carbons (Fsp3) is 0.385. The number of rotatable bonds is 0. The van der Waals surface area contributed by atoms with E-state index in [0.29, 0.717) is 12.6 Å². The maximum absolute atomic E-state index is 9.07. The van der Waals surface area contributed by atoms with Gasteiger partial charge in [0, 0.05) is 6.42 Å². The highest BCUT2D eigenvalue weighted by Gasteiger charge is 2.39. The lowest BCUT2D eigenvalue weighted by molar-refractivity contribution is 0.235. The van der Waals surface area contributed by atoms with Crippen molar-refractivity contribution in [3.05, 3.63) is 34.9 Å². The summed E-state index contributed by atoms with van der Waals surface area (Å²) in [5.41, 5.74) is 8.56. The van der Waals surface area contributed by atoms with E-state index in [2.05, 4.69) is 17.1 Å². The maximum Gasteiger partial charge on any atom is 0.282 e. The largest absolute Gasteiger partial charge is 0.463 e. The molecule has 86 valence electrons. The van der Waals surface area contributed by atoms with Crippen LogP contribution in [0.15, 0.2) is 23.2 Å². The molecule has 2 N–H and O–H groups in total. The van der Waals surface area contributed by atoms with Crippen LogP contribution in [0.2, 0.25) is 0 Å². The number of hydrogen-bond donors (Lipinski definition) is 1. The minimum atomic E-state index is -0.189. The van der Waals surface area contributed by atoms with E-state index in [4.69, 9.17) is 15.7 Å². The number of nitriles is 1. The van der Waals surface area contributed by atoms with Crippen molar-refractivity contribution in [3.63, 3.8) is 0 Å². The van der Waals surface area contributed by atoms with Gasteiger partial charge in [-0.15, -0.1) is 0 Å². The van der Waals surface area contributed by atoms with Gasteiger partial charge >= 0.3 is 0 Å². The Hall–Kier alpha value is -2.02. The summed E-state index contributed by atoms with van der Waals surface area (Å²) < 4.78 is 5.28. The van der Waals surface area contributed by atoms with Crippen molar-refractivity contribution in [1.29, 1.82) is 5.26 Å². The van der Waals surface area contributed by atoms with E-state index < -0.39 is 0 Å². The van der Waals surface area contributed by atoms with Gasteiger partial charge < -0.3 is 10.5 Å². The van der Waals surface area contributed by atoms with Gasteiger partial charge in [0.1, 0.15) is 12.1 Å². The first kappa shape index (κ1) is 10.2. The quantitative estimate of drug-likeness (QED) is 0.722. The van der Waals surface area contributed by atoms with Crippen LogP contribution in [0.3, 0.4) is 0 Å². The molecule has 1 heterocycles. The summed E-state index contributed by atoms with van der Waals surface area (Å²) in [7, 11) is 0. The summed E-state index contributed by atoms with van der Waals surface area (Å²) in [5, 5.41) is 9.07. The van der Waals surface area contributed by atoms with E-state index in [1.807, 2.05) is 12.1 Å². The van der Waals surface area contributed by atoms with Crippen LogP contribution in [0.4, 0.5) is 0 Å². The molecular formula is C13H13N3O. The zero-order valence-corrected chi connectivity index (χ0v) is 9.44. The summed E-state index contributed by atoms with van der Waals surface area (Å²) in [6.45, 7) is 0.565. The molecule has 0 aromatic heterocycles. The van der Waals surface area contributed by atoms with E-state index in [1.54, 1.807) is 0 Å². The predicted octanol–water partition coefficient (Wildman–Crippen LogP) is 1.13. The molecule has 1 aromatic rings. The van der Waals surface area contributed by atoms with Crippen LogP contribution in [0, 0.1) is 11.3 Å². The van der Waals surface area contributed by atoms with Crippen LogP contribution in [0.5, 0.6) is 0 Å². The Morgan fingerprint density at radius 2 is 2.35 bits per heavy atom. The average molecular weight is 227 g/mol. The van der Waals surface area contributed by atoms with Crippen molar-refractivity contribution < 1.29 is 4.74 Å². The van der Waals surface area contributed by atoms with Crippen LogP contribution in [0.1, 0.15) is 23.1 Å². The van der Waals surface area contributed by atoms with Crippen LogP contribution < -0.4 is 5.73 Å². The van der Waals surface area contributed by atoms with Crippen molar-refractivity contribution in [1.82, 2.24) is 0 Å². The SMILES string of the molecule is N#Cc1cccc2c1CCC1(COC(N)=N1)C2. The first-order chi connectivity index (χ1) is 8.22. The third-order valence-electron chi connectivity index (χ3n) is 3.59. The van der Waals surface area contributed by atoms with Crippen LogP contribution in [-0.4, -0.2) is 18.2 Å². The summed E-state index contributed by atoms with van der Waals surface area (Å²) in [6, 6.07) is 8.42. The molecule has 1 spiro atoms. The Balaban J connectivity index is 2.00. The number of hydrogen-bond acceptors (Lipinski definition) is 4. The molecule has 0 amide bonds. The van der Waals surface area contributed by atoms with Gasteiger partial charge in [-0.25, -0.2) is 4.99 Å². The third kappa shape index (κ3) is 1.55. The summed E-state index contributed by atoms with van der Waals surface area (Å²) >= 11 is 0. The molecule has 0 bridgehead atoms. The van der Waals surface area contributed by atoms with E-state index in [-0.39, 0.29) is 5.54 Å². The zero-order chi connectivity index (χ0) is 11.9. The Morgan fingerprint density at radius 3 is 3.06 bits per heavy atom. The molecule has 1 aliphatic carbocycles. The lowest BCUT2D eigenvalue weighted by Crippen LogP contribution is -2.35. The normalized spacial score (nSPS) is 25.9. The van der Waals surface area contributed by atoms with Gasteiger partial charge in [-0.2, -0.15) is 5.26 Å². The van der Waals surface area contributed by atoms with E-state index in [0.717, 1.165) is 24.8 Å². The Labute approximate surface area is 99.7 Å². The Kier molecular flexibility index (Phi) is 2.08. The second kappa shape index (κ2) is 3.49. The van der Waals surface area contributed by atoms with Gasteiger partial charge in [-0.3, -0.25) is 0 Å². The topological polar surface area (TPSA) is 71.4 Å². The molecular weight excluding hydrogens is 214 g/mol. The van der Waals surface area contributed by atoms with Gasteiger partial charge in [0.15, 0.2) is 0 Å². The van der Waals surface area contributed by atoms with Crippen LogP contribution in [0.25, 0.3) is 0 Å². The standard InChI is InChI=1S/C13H13N3O/c14-7-10-3-1-2-9-6-13(5-4-11(9)10)8-17-12(15)16-13/h1-3H,4-6,8H2,(H2,15,16). The van der Waals surface area contributed by atoms with Crippen molar-refractivity contribution >= 4 is 6.02 Å². The average Bonchev–Trinajstić information content (AvgIpc) is 2.69. The first-order valence-electron chi connectivity index (χ1n) is 5.71. The highest BCUT2D eigenvalue weighted by molar-refractivity contribution is 5.74. The molecule has 4 heteroatoms. The van der Waals surface area contributed by atoms with Crippen molar-refractivity contribution in [2.75, 3.05) is 6.61 Å². The molecule has 0 fully saturated rings. The molecule has 1 unspecified atom stereocenters. The lowest BCUT2D eigenvalue weighted by atomic mass is 9.77. The Bertz CT molecular complexity index is 544. The molecule has 1 aromatic carbocycles. The van der Waals surface area contributed by atoms with Crippen molar-refractivity contribution in [2.45, 2.75) is 24.8 Å². The number of amidine groups is 1. The zero-order valence-electron chi connectivity index (χ0n) is 9.44. The Morgan fingerprint density at radius 1 is 1.47 bits per heavy atom. The molecule has 2 aliphatic rings. The fourth-order valence-electron chi connectivity index (χ4n) is 2.73. The molecule has 0 saturated carbocycles. The van der Waals surface area contributed by atoms with Crippen molar-refractivity contribution in [2.24, 2.45) is 10.7 Å². The second-order valence-electron chi connectivity index (χ2n) is 4.69. The summed E-state index contributed by atoms with van der Waals surface area (Å²) in [6.07, 6.45) is 2.59. The van der Waals surface area contributed by atoms with E-state index >= 15 is 0 Å². The summed E-state index contributed by atoms with van der Waals surface area (Å²) in [5.74, 6) is 0. The van der Waals surface area contributed by atoms with Crippen LogP contribution in [-0.2, 0) is 17.6 Å². The third-order valence-corrected chi connectivity index (χ3v) is 3.59. The van der Waals surface area contributed by atoms with Gasteiger partial charge in [-0.1, -0.05) is 12.1 Å². The smallest absolute Gasteiger partial charge is 0.282 e. The number of benzene rings is 1. The maximum atomic E-state index is 9.07. The lowest BCUT2D eigenvalue weighted by Gasteiger charge is -2.30. The molecule has 1 atom stereocenters. The number of ether oxygens (including phenoxy) is 1. The monoisotopic (exact) mass is 227 g/mol. The molecule has 4 nitrogen and oxygen atoms in total. The second-order valence-corrected chi connectivity index (χ2v) is 4.69. The van der Waals surface area contributed by atoms with Gasteiger partial charge in [0.25, 0.3) is 6.02 Å². The summed E-state index contributed by atoms with van der Waals surface area (Å²) in [4.78, 5) is 4.42. The highest BCUT2D eigenvalue weighted by atomic mass is 16.5. The van der Waals surface area contributed by atoms with Gasteiger partial charge in [0.05, 0.1) is 11.6 Å². The van der Waals surface area contributed by atoms with Gasteiger partial charge in [0.2, 0.25) is 0 Å². The fourth-order valence-corrected chi connectivity index (χ4v) is 2.73.